The number of carbonyl (C=O) groups is 4. The third kappa shape index (κ3) is 398. The van der Waals surface area contributed by atoms with Gasteiger partial charge < -0.3 is 56.3 Å². The van der Waals surface area contributed by atoms with Crippen LogP contribution in [0.4, 0.5) is 19.2 Å². The molecule has 0 spiro atoms. The van der Waals surface area contributed by atoms with E-state index in [9.17, 15) is 0 Å². The molecule has 21 heteroatoms. The number of hydrogen-bond acceptors (Lipinski definition) is 8. The van der Waals surface area contributed by atoms with Crippen LogP contribution >= 0.6 is 0 Å². The molecule has 154 valence electrons. The molecular formula is C4H14N10NiO10-4. The van der Waals surface area contributed by atoms with Crippen LogP contribution in [0.15, 0.2) is 0 Å². The Balaban J connectivity index is -0.0000000309. The molecule has 0 heterocycles. The number of primary amides is 4. The largest absolute Gasteiger partial charge is 0.463 e. The molecule has 14 N–H and O–H groups in total. The van der Waals surface area contributed by atoms with Crippen molar-refractivity contribution in [2.45, 2.75) is 0 Å². The van der Waals surface area contributed by atoms with Gasteiger partial charge in [-0.2, -0.15) is 0 Å². The summed E-state index contributed by atoms with van der Waals surface area (Å²) in [5.41, 5.74) is 39.4. The molecule has 0 aliphatic rings. The van der Waals surface area contributed by atoms with E-state index < -0.39 is 34.3 Å². The van der Waals surface area contributed by atoms with Crippen LogP contribution in [0, 0.1) is 20.2 Å². The Labute approximate surface area is 147 Å². The molecule has 8 amide bonds. The maximum absolute atomic E-state index is 8.89. The Kier molecular flexibility index (Phi) is 63.1. The maximum Gasteiger partial charge on any atom is 0.291 e. The summed E-state index contributed by atoms with van der Waals surface area (Å²) in [5.74, 6) is 0. The fourth-order valence-electron chi connectivity index (χ4n) is 0. The van der Waals surface area contributed by atoms with Crippen molar-refractivity contribution in [3.63, 3.8) is 0 Å². The Morgan fingerprint density at radius 1 is 0.640 bits per heavy atom. The first-order valence-corrected chi connectivity index (χ1v) is 4.10. The average Bonchev–Trinajstić information content (AvgIpc) is 2.08. The number of amides is 8. The topological polar surface area (TPSA) is 394 Å². The summed E-state index contributed by atoms with van der Waals surface area (Å²) < 4.78 is 0. The van der Waals surface area contributed by atoms with Gasteiger partial charge in [-0.15, -0.1) is 20.2 Å². The van der Waals surface area contributed by atoms with Crippen molar-refractivity contribution in [1.29, 1.82) is 0 Å². The molecule has 0 aliphatic heterocycles. The number of carbonyl (C=O) groups excluding carboxylic acids is 4. The predicted octanol–water partition coefficient (Wildman–Crippen LogP) is -0.229. The Morgan fingerprint density at radius 2 is 0.640 bits per heavy atom. The molecule has 0 aromatic carbocycles. The van der Waals surface area contributed by atoms with Crippen LogP contribution in [-0.4, -0.2) is 44.7 Å². The summed E-state index contributed by atoms with van der Waals surface area (Å²) in [6, 6.07) is -4.33. The van der Waals surface area contributed by atoms with E-state index in [4.69, 9.17) is 72.8 Å². The van der Waals surface area contributed by atoms with Gasteiger partial charge in [0.05, 0.1) is 0 Å². The van der Waals surface area contributed by atoms with E-state index in [1.165, 1.54) is 0 Å². The second-order valence-electron chi connectivity index (χ2n) is 1.93. The van der Waals surface area contributed by atoms with E-state index in [1.54, 1.807) is 0 Å². The molecule has 0 fully saturated rings. The van der Waals surface area contributed by atoms with E-state index in [-0.39, 0.29) is 16.5 Å². The summed E-state index contributed by atoms with van der Waals surface area (Å²) in [5, 5.41) is 27.3. The quantitative estimate of drug-likeness (QED) is 0.169. The Morgan fingerprint density at radius 3 is 0.640 bits per heavy atom. The van der Waals surface area contributed by atoms with Gasteiger partial charge in [0, 0.05) is 16.5 Å². The van der Waals surface area contributed by atoms with Gasteiger partial charge in [0.1, 0.15) is 24.1 Å². The molecule has 20 nitrogen and oxygen atoms in total. The molecule has 0 saturated carbocycles. The molecule has 0 aromatic heterocycles. The first-order chi connectivity index (χ1) is 10.4. The predicted molar refractivity (Wildman–Crippen MR) is 73.2 cm³/mol. The van der Waals surface area contributed by atoms with Crippen molar-refractivity contribution in [1.82, 2.24) is 0 Å². The number of hydrogen-bond donors (Lipinski definition) is 6. The van der Waals surface area contributed by atoms with E-state index in [1.807, 2.05) is 0 Å². The first-order valence-electron chi connectivity index (χ1n) is 4.10. The zero-order valence-electron chi connectivity index (χ0n) is 11.7. The van der Waals surface area contributed by atoms with Crippen LogP contribution in [0.25, 0.3) is 22.9 Å². The van der Waals surface area contributed by atoms with Gasteiger partial charge in [-0.25, -0.2) is 0 Å². The van der Waals surface area contributed by atoms with E-state index >= 15 is 0 Å². The fourth-order valence-corrected chi connectivity index (χ4v) is 0. The average molecular weight is 421 g/mol. The number of nitrogens with zero attached hydrogens (tertiary/aromatic N) is 2. The molecular weight excluding hydrogens is 407 g/mol. The first kappa shape index (κ1) is 42.9. The van der Waals surface area contributed by atoms with Crippen LogP contribution in [0.3, 0.4) is 0 Å². The van der Waals surface area contributed by atoms with Gasteiger partial charge in [0.15, 0.2) is 0 Å². The SMILES string of the molecule is O=[N+]([O-])O.O=[N+]([O-])O.[NH-]C(N)=O.[NH-]C(N)=O.[NH-]C(N)=O.[NH-]C(N)=O.[Ni]. The summed E-state index contributed by atoms with van der Waals surface area (Å²) in [6.45, 7) is 0. The molecule has 0 aliphatic carbocycles. The minimum atomic E-state index is -1.50. The molecule has 0 aromatic rings. The molecule has 0 rings (SSSR count). The van der Waals surface area contributed by atoms with Crippen LogP contribution < -0.4 is 22.9 Å². The summed E-state index contributed by atoms with van der Waals surface area (Å²) in [7, 11) is 0. The van der Waals surface area contributed by atoms with Gasteiger partial charge in [0.2, 0.25) is 0 Å². The summed E-state index contributed by atoms with van der Waals surface area (Å²) >= 11 is 0. The molecule has 25 heavy (non-hydrogen) atoms. The zero-order valence-corrected chi connectivity index (χ0v) is 12.7. The van der Waals surface area contributed by atoms with Gasteiger partial charge in [-0.1, -0.05) is 0 Å². The van der Waals surface area contributed by atoms with Crippen LogP contribution in [0.5, 0.6) is 0 Å². The monoisotopic (exact) mass is 420 g/mol. The van der Waals surface area contributed by atoms with Crippen molar-refractivity contribution in [3.8, 4) is 0 Å². The Hall–Kier alpha value is -4.03. The Bertz CT molecular complexity index is 273. The maximum atomic E-state index is 8.89. The van der Waals surface area contributed by atoms with Crippen molar-refractivity contribution in [3.05, 3.63) is 43.2 Å². The third-order valence-corrected chi connectivity index (χ3v) is 0. The van der Waals surface area contributed by atoms with Crippen molar-refractivity contribution in [2.24, 2.45) is 22.9 Å². The normalized spacial score (nSPS) is 5.76. The minimum absolute atomic E-state index is 0. The van der Waals surface area contributed by atoms with E-state index in [0.717, 1.165) is 0 Å². The van der Waals surface area contributed by atoms with Crippen molar-refractivity contribution < 1.29 is 56.3 Å². The van der Waals surface area contributed by atoms with Gasteiger partial charge >= 0.3 is 0 Å². The van der Waals surface area contributed by atoms with Gasteiger partial charge in [-0.3, -0.25) is 19.2 Å². The second kappa shape index (κ2) is 36.8. The van der Waals surface area contributed by atoms with Gasteiger partial charge in [-0.05, 0) is 0 Å². The zero-order chi connectivity index (χ0) is 21.5. The summed E-state index contributed by atoms with van der Waals surface area (Å²) in [4.78, 5) is 52.3. The minimum Gasteiger partial charge on any atom is -0.463 e. The smallest absolute Gasteiger partial charge is 0.291 e. The number of urea groups is 4. The molecule has 0 unspecified atom stereocenters. The number of nitrogens with two attached hydrogens (primary N) is 4. The van der Waals surface area contributed by atoms with Crippen molar-refractivity contribution in [2.75, 3.05) is 0 Å². The van der Waals surface area contributed by atoms with Crippen molar-refractivity contribution >= 4 is 24.1 Å². The van der Waals surface area contributed by atoms with Crippen LogP contribution in [-0.2, 0) is 16.5 Å². The molecule has 0 bridgehead atoms. The van der Waals surface area contributed by atoms with Gasteiger partial charge in [0.25, 0.3) is 10.2 Å². The summed E-state index contributed by atoms with van der Waals surface area (Å²) in [6.07, 6.45) is 0. The van der Waals surface area contributed by atoms with Crippen LogP contribution in [0.2, 0.25) is 0 Å². The molecule has 0 radical (unpaired) electrons. The standard InChI is InChI=1S/4CH4N2O.2HNO3.Ni/c6*2-1(3)4;/h4*(H4,2,3,4);2*(H,2,3,4);/p-4. The van der Waals surface area contributed by atoms with E-state index in [2.05, 4.69) is 22.9 Å². The molecule has 0 saturated heterocycles. The number of nitrogens with one attached hydrogen (secondary N) is 4. The fraction of sp³-hybridized carbons (Fsp3) is 0. The third-order valence-electron chi connectivity index (χ3n) is 0. The molecule has 0 atom stereocenters. The number of rotatable bonds is 0. The van der Waals surface area contributed by atoms with Crippen LogP contribution in [0.1, 0.15) is 0 Å². The second-order valence-corrected chi connectivity index (χ2v) is 1.93. The van der Waals surface area contributed by atoms with E-state index in [0.29, 0.717) is 0 Å².